The van der Waals surface area contributed by atoms with Crippen LogP contribution in [0.1, 0.15) is 38.6 Å². The lowest BCUT2D eigenvalue weighted by Gasteiger charge is -2.23. The van der Waals surface area contributed by atoms with Crippen LogP contribution in [0.25, 0.3) is 11.0 Å². The molecule has 0 spiro atoms. The largest absolute Gasteiger partial charge is 0.497 e. The molecule has 5 nitrogen and oxygen atoms in total. The van der Waals surface area contributed by atoms with Crippen LogP contribution >= 0.6 is 11.6 Å². The van der Waals surface area contributed by atoms with Gasteiger partial charge in [-0.1, -0.05) is 37.6 Å². The second-order valence-corrected chi connectivity index (χ2v) is 8.35. The van der Waals surface area contributed by atoms with Crippen molar-refractivity contribution < 1.29 is 14.3 Å². The second kappa shape index (κ2) is 8.87. The highest BCUT2D eigenvalue weighted by molar-refractivity contribution is 6.30. The van der Waals surface area contributed by atoms with Crippen LogP contribution in [0.2, 0.25) is 5.02 Å². The summed E-state index contributed by atoms with van der Waals surface area (Å²) in [5.74, 6) is 1.52. The minimum atomic E-state index is -0.282. The zero-order valence-electron chi connectivity index (χ0n) is 17.4. The third-order valence-corrected chi connectivity index (χ3v) is 5.11. The lowest BCUT2D eigenvalue weighted by molar-refractivity contribution is -0.145. The lowest BCUT2D eigenvalue weighted by atomic mass is 9.85. The number of methoxy groups -OCH3 is 1. The lowest BCUT2D eigenvalue weighted by Crippen LogP contribution is -2.23. The Hall–Kier alpha value is -2.53. The van der Waals surface area contributed by atoms with Gasteiger partial charge >= 0.3 is 5.97 Å². The predicted octanol–water partition coefficient (Wildman–Crippen LogP) is 5.27. The van der Waals surface area contributed by atoms with Gasteiger partial charge in [0.2, 0.25) is 0 Å². The summed E-state index contributed by atoms with van der Waals surface area (Å²) in [5, 5.41) is 0.713. The van der Waals surface area contributed by atoms with Crippen molar-refractivity contribution in [2.75, 3.05) is 13.7 Å². The van der Waals surface area contributed by atoms with E-state index in [1.165, 1.54) is 0 Å². The summed E-state index contributed by atoms with van der Waals surface area (Å²) in [5.41, 5.74) is 2.76. The number of esters is 1. The number of hydrogen-bond donors (Lipinski definition) is 0. The van der Waals surface area contributed by atoms with E-state index in [0.29, 0.717) is 31.0 Å². The molecule has 1 heterocycles. The van der Waals surface area contributed by atoms with Gasteiger partial charge in [0.1, 0.15) is 11.6 Å². The maximum atomic E-state index is 12.0. The molecule has 0 saturated heterocycles. The van der Waals surface area contributed by atoms with Gasteiger partial charge in [0.05, 0.1) is 31.2 Å². The first-order valence-electron chi connectivity index (χ1n) is 9.74. The molecular formula is C23H27ClN2O3. The zero-order chi connectivity index (χ0) is 21.0. The number of carbonyl (C=O) groups is 1. The molecule has 0 saturated carbocycles. The van der Waals surface area contributed by atoms with Gasteiger partial charge in [-0.05, 0) is 42.2 Å². The molecule has 0 aliphatic rings. The molecule has 0 amide bonds. The van der Waals surface area contributed by atoms with Crippen molar-refractivity contribution in [3.8, 4) is 5.75 Å². The molecule has 3 rings (SSSR count). The SMILES string of the molecule is CCOC(=O)CC(C)(C)Cc1nc2cc(OC)ccc2n1Cc1ccc(Cl)cc1. The Bertz CT molecular complexity index is 993. The van der Waals surface area contributed by atoms with Gasteiger partial charge in [-0.15, -0.1) is 0 Å². The number of carbonyl (C=O) groups excluding carboxylic acids is 1. The second-order valence-electron chi connectivity index (χ2n) is 7.92. The number of ether oxygens (including phenoxy) is 2. The fourth-order valence-electron chi connectivity index (χ4n) is 3.46. The number of fused-ring (bicyclic) bond motifs is 1. The molecule has 1 aromatic heterocycles. The Labute approximate surface area is 176 Å². The van der Waals surface area contributed by atoms with Crippen molar-refractivity contribution in [1.29, 1.82) is 0 Å². The fourth-order valence-corrected chi connectivity index (χ4v) is 3.59. The molecule has 0 N–H and O–H groups in total. The van der Waals surface area contributed by atoms with Crippen LogP contribution in [0, 0.1) is 5.41 Å². The van der Waals surface area contributed by atoms with E-state index in [1.54, 1.807) is 7.11 Å². The highest BCUT2D eigenvalue weighted by Gasteiger charge is 2.26. The van der Waals surface area contributed by atoms with E-state index in [-0.39, 0.29) is 11.4 Å². The summed E-state index contributed by atoms with van der Waals surface area (Å²) < 4.78 is 12.7. The van der Waals surface area contributed by atoms with Crippen molar-refractivity contribution in [3.05, 3.63) is 58.9 Å². The first-order valence-corrected chi connectivity index (χ1v) is 10.1. The van der Waals surface area contributed by atoms with Crippen molar-refractivity contribution in [2.45, 2.75) is 40.2 Å². The van der Waals surface area contributed by atoms with Crippen LogP contribution in [0.15, 0.2) is 42.5 Å². The van der Waals surface area contributed by atoms with Crippen molar-refractivity contribution in [2.24, 2.45) is 5.41 Å². The maximum Gasteiger partial charge on any atom is 0.306 e. The Morgan fingerprint density at radius 1 is 1.17 bits per heavy atom. The third-order valence-electron chi connectivity index (χ3n) is 4.85. The average molecular weight is 415 g/mol. The van der Waals surface area contributed by atoms with E-state index in [9.17, 15) is 4.79 Å². The molecule has 2 aromatic carbocycles. The number of rotatable bonds is 8. The van der Waals surface area contributed by atoms with Gasteiger partial charge in [-0.3, -0.25) is 4.79 Å². The normalized spacial score (nSPS) is 11.6. The Kier molecular flexibility index (Phi) is 6.48. The van der Waals surface area contributed by atoms with Crippen LogP contribution in [-0.2, 0) is 22.5 Å². The molecule has 0 unspecified atom stereocenters. The summed E-state index contributed by atoms with van der Waals surface area (Å²) in [6, 6.07) is 13.7. The first-order chi connectivity index (χ1) is 13.8. The molecular weight excluding hydrogens is 388 g/mol. The van der Waals surface area contributed by atoms with Gasteiger partial charge in [0.25, 0.3) is 0 Å². The minimum Gasteiger partial charge on any atom is -0.497 e. The van der Waals surface area contributed by atoms with Gasteiger partial charge < -0.3 is 14.0 Å². The molecule has 0 radical (unpaired) electrons. The van der Waals surface area contributed by atoms with E-state index in [2.05, 4.69) is 18.4 Å². The van der Waals surface area contributed by atoms with Gasteiger partial charge in [-0.2, -0.15) is 0 Å². The van der Waals surface area contributed by atoms with Crippen molar-refractivity contribution in [1.82, 2.24) is 9.55 Å². The summed E-state index contributed by atoms with van der Waals surface area (Å²) in [7, 11) is 1.65. The van der Waals surface area contributed by atoms with Crippen LogP contribution in [0.3, 0.4) is 0 Å². The molecule has 6 heteroatoms. The summed E-state index contributed by atoms with van der Waals surface area (Å²) in [6.07, 6.45) is 0.991. The Morgan fingerprint density at radius 2 is 1.90 bits per heavy atom. The maximum absolute atomic E-state index is 12.0. The fraction of sp³-hybridized carbons (Fsp3) is 0.391. The predicted molar refractivity (Wildman–Crippen MR) is 116 cm³/mol. The van der Waals surface area contributed by atoms with E-state index in [0.717, 1.165) is 28.2 Å². The Balaban J connectivity index is 1.97. The molecule has 0 fully saturated rings. The third kappa shape index (κ3) is 5.30. The number of benzene rings is 2. The Morgan fingerprint density at radius 3 is 2.55 bits per heavy atom. The van der Waals surface area contributed by atoms with E-state index in [4.69, 9.17) is 26.1 Å². The standard InChI is InChI=1S/C23H27ClN2O3/c1-5-29-22(27)14-23(2,3)13-21-25-19-12-18(28-4)10-11-20(19)26(21)15-16-6-8-17(24)9-7-16/h6-12H,5,13-15H2,1-4H3. The molecule has 154 valence electrons. The molecule has 0 aliphatic carbocycles. The van der Waals surface area contributed by atoms with E-state index < -0.39 is 0 Å². The van der Waals surface area contributed by atoms with Crippen LogP contribution in [0.5, 0.6) is 5.75 Å². The number of nitrogens with zero attached hydrogens (tertiary/aromatic N) is 2. The van der Waals surface area contributed by atoms with Gasteiger partial charge in [0, 0.05) is 24.1 Å². The monoisotopic (exact) mass is 414 g/mol. The van der Waals surface area contributed by atoms with Crippen LogP contribution < -0.4 is 4.74 Å². The molecule has 0 atom stereocenters. The highest BCUT2D eigenvalue weighted by atomic mass is 35.5. The van der Waals surface area contributed by atoms with Crippen molar-refractivity contribution >= 4 is 28.6 Å². The smallest absolute Gasteiger partial charge is 0.306 e. The number of imidazole rings is 1. The van der Waals surface area contributed by atoms with E-state index >= 15 is 0 Å². The molecule has 0 aliphatic heterocycles. The number of hydrogen-bond acceptors (Lipinski definition) is 4. The average Bonchev–Trinajstić information content (AvgIpc) is 2.98. The minimum absolute atomic E-state index is 0.181. The highest BCUT2D eigenvalue weighted by Crippen LogP contribution is 2.30. The molecule has 29 heavy (non-hydrogen) atoms. The quantitative estimate of drug-likeness (QED) is 0.471. The van der Waals surface area contributed by atoms with Crippen LogP contribution in [0.4, 0.5) is 0 Å². The van der Waals surface area contributed by atoms with E-state index in [1.807, 2.05) is 49.4 Å². The van der Waals surface area contributed by atoms with Gasteiger partial charge in [0.15, 0.2) is 0 Å². The summed E-state index contributed by atoms with van der Waals surface area (Å²) in [6.45, 7) is 7.02. The van der Waals surface area contributed by atoms with Gasteiger partial charge in [-0.25, -0.2) is 4.98 Å². The van der Waals surface area contributed by atoms with Crippen molar-refractivity contribution in [3.63, 3.8) is 0 Å². The molecule has 3 aromatic rings. The molecule has 0 bridgehead atoms. The first kappa shape index (κ1) is 21.2. The topological polar surface area (TPSA) is 53.4 Å². The number of halogens is 1. The summed E-state index contributed by atoms with van der Waals surface area (Å²) in [4.78, 5) is 16.9. The van der Waals surface area contributed by atoms with Crippen LogP contribution in [-0.4, -0.2) is 29.2 Å². The zero-order valence-corrected chi connectivity index (χ0v) is 18.1. The number of aromatic nitrogens is 2. The summed E-state index contributed by atoms with van der Waals surface area (Å²) >= 11 is 6.04.